The second-order valence-electron chi connectivity index (χ2n) is 5.93. The fourth-order valence-corrected chi connectivity index (χ4v) is 2.77. The lowest BCUT2D eigenvalue weighted by atomic mass is 10.1. The number of carbonyl (C=O) groups is 2. The summed E-state index contributed by atoms with van der Waals surface area (Å²) >= 11 is 0. The predicted octanol–water partition coefficient (Wildman–Crippen LogP) is 1.69. The van der Waals surface area contributed by atoms with Crippen molar-refractivity contribution in [2.75, 3.05) is 26.7 Å². The number of aromatic nitrogens is 2. The minimum atomic E-state index is -0.0238. The van der Waals surface area contributed by atoms with Gasteiger partial charge in [-0.2, -0.15) is 5.10 Å². The smallest absolute Gasteiger partial charge is 0.257 e. The summed E-state index contributed by atoms with van der Waals surface area (Å²) in [5, 5.41) is 4.28. The van der Waals surface area contributed by atoms with E-state index in [1.165, 1.54) is 0 Å². The quantitative estimate of drug-likeness (QED) is 0.803. The van der Waals surface area contributed by atoms with Crippen molar-refractivity contribution in [3.63, 3.8) is 0 Å². The lowest BCUT2D eigenvalue weighted by Crippen LogP contribution is -2.41. The Hall–Kier alpha value is -1.85. The maximum absolute atomic E-state index is 12.5. The van der Waals surface area contributed by atoms with Crippen LogP contribution in [0.1, 0.15) is 48.7 Å². The summed E-state index contributed by atoms with van der Waals surface area (Å²) in [5.41, 5.74) is 1.56. The number of nitrogens with zero attached hydrogens (tertiary/aromatic N) is 4. The normalized spacial score (nSPS) is 15.2. The summed E-state index contributed by atoms with van der Waals surface area (Å²) in [6.07, 6.45) is 5.33. The van der Waals surface area contributed by atoms with E-state index in [4.69, 9.17) is 0 Å². The van der Waals surface area contributed by atoms with Crippen LogP contribution < -0.4 is 0 Å². The van der Waals surface area contributed by atoms with Crippen molar-refractivity contribution in [1.82, 2.24) is 19.6 Å². The van der Waals surface area contributed by atoms with E-state index in [1.807, 2.05) is 16.5 Å². The second kappa shape index (κ2) is 7.42. The monoisotopic (exact) mass is 306 g/mol. The van der Waals surface area contributed by atoms with E-state index in [-0.39, 0.29) is 11.8 Å². The molecule has 1 aromatic rings. The third kappa shape index (κ3) is 3.67. The summed E-state index contributed by atoms with van der Waals surface area (Å²) in [5.74, 6) is 0.184. The highest BCUT2D eigenvalue weighted by atomic mass is 16.2. The molecule has 22 heavy (non-hydrogen) atoms. The molecule has 0 radical (unpaired) electrons. The number of carbonyl (C=O) groups excluding carboxylic acids is 2. The summed E-state index contributed by atoms with van der Waals surface area (Å²) in [7, 11) is 1.79. The van der Waals surface area contributed by atoms with Crippen molar-refractivity contribution >= 4 is 11.8 Å². The van der Waals surface area contributed by atoms with Crippen LogP contribution in [0, 0.1) is 6.92 Å². The minimum Gasteiger partial charge on any atom is -0.341 e. The van der Waals surface area contributed by atoms with Gasteiger partial charge in [-0.15, -0.1) is 0 Å². The first-order chi connectivity index (χ1) is 10.5. The molecule has 6 nitrogen and oxygen atoms in total. The molecule has 1 saturated heterocycles. The summed E-state index contributed by atoms with van der Waals surface area (Å²) < 4.78 is 1.87. The second-order valence-corrected chi connectivity index (χ2v) is 5.93. The third-order valence-electron chi connectivity index (χ3n) is 4.24. The number of likely N-dealkylation sites (N-methyl/N-ethyl adjacent to an activating group) is 1. The van der Waals surface area contributed by atoms with Crippen molar-refractivity contribution in [2.24, 2.45) is 0 Å². The summed E-state index contributed by atoms with van der Waals surface area (Å²) in [6, 6.07) is 0. The number of amides is 2. The molecule has 2 rings (SSSR count). The highest BCUT2D eigenvalue weighted by Gasteiger charge is 2.21. The van der Waals surface area contributed by atoms with Crippen molar-refractivity contribution in [3.05, 3.63) is 17.5 Å². The standard InChI is InChI=1S/C16H26N4O2/c1-4-8-20-13(2)14(12-17-20)16(22)18(3)10-11-19-9-6-5-7-15(19)21/h12H,4-11H2,1-3H3. The Bertz CT molecular complexity index is 538. The first-order valence-electron chi connectivity index (χ1n) is 8.10. The highest BCUT2D eigenvalue weighted by molar-refractivity contribution is 5.94. The lowest BCUT2D eigenvalue weighted by molar-refractivity contribution is -0.133. The van der Waals surface area contributed by atoms with E-state index in [2.05, 4.69) is 12.0 Å². The van der Waals surface area contributed by atoms with Crippen LogP contribution >= 0.6 is 0 Å². The van der Waals surface area contributed by atoms with Crippen LogP contribution in [0.25, 0.3) is 0 Å². The topological polar surface area (TPSA) is 58.4 Å². The zero-order chi connectivity index (χ0) is 16.1. The fourth-order valence-electron chi connectivity index (χ4n) is 2.77. The van der Waals surface area contributed by atoms with Gasteiger partial charge in [-0.3, -0.25) is 14.3 Å². The van der Waals surface area contributed by atoms with Gasteiger partial charge in [0.25, 0.3) is 5.91 Å². The number of likely N-dealkylation sites (tertiary alicyclic amines) is 1. The van der Waals surface area contributed by atoms with Crippen molar-refractivity contribution < 1.29 is 9.59 Å². The molecule has 122 valence electrons. The first-order valence-corrected chi connectivity index (χ1v) is 8.10. The van der Waals surface area contributed by atoms with Gasteiger partial charge in [0, 0.05) is 45.3 Å². The molecule has 6 heteroatoms. The van der Waals surface area contributed by atoms with Crippen molar-refractivity contribution in [2.45, 2.75) is 46.1 Å². The Labute approximate surface area is 132 Å². The molecule has 0 bridgehead atoms. The molecule has 2 amide bonds. The van der Waals surface area contributed by atoms with Gasteiger partial charge in [0.05, 0.1) is 11.8 Å². The molecule has 0 aromatic carbocycles. The Morgan fingerprint density at radius 1 is 1.36 bits per heavy atom. The van der Waals surface area contributed by atoms with Gasteiger partial charge in [-0.05, 0) is 26.2 Å². The van der Waals surface area contributed by atoms with Gasteiger partial charge in [0.15, 0.2) is 0 Å². The van der Waals surface area contributed by atoms with Crippen molar-refractivity contribution in [1.29, 1.82) is 0 Å². The molecule has 0 aliphatic carbocycles. The van der Waals surface area contributed by atoms with Crippen LogP contribution in [0.3, 0.4) is 0 Å². The Kier molecular flexibility index (Phi) is 5.57. The molecule has 1 aromatic heterocycles. The number of hydrogen-bond donors (Lipinski definition) is 0. The average molecular weight is 306 g/mol. The molecular weight excluding hydrogens is 280 g/mol. The molecule has 2 heterocycles. The molecule has 0 spiro atoms. The Morgan fingerprint density at radius 3 is 2.82 bits per heavy atom. The fraction of sp³-hybridized carbons (Fsp3) is 0.688. The van der Waals surface area contributed by atoms with Crippen LogP contribution in [0.4, 0.5) is 0 Å². The van der Waals surface area contributed by atoms with Gasteiger partial charge in [0.1, 0.15) is 0 Å². The van der Waals surface area contributed by atoms with Crippen LogP contribution in [0.2, 0.25) is 0 Å². The summed E-state index contributed by atoms with van der Waals surface area (Å²) in [6.45, 7) is 6.83. The Balaban J connectivity index is 1.93. The highest BCUT2D eigenvalue weighted by Crippen LogP contribution is 2.12. The zero-order valence-corrected chi connectivity index (χ0v) is 13.8. The maximum atomic E-state index is 12.5. The summed E-state index contributed by atoms with van der Waals surface area (Å²) in [4.78, 5) is 27.8. The van der Waals surface area contributed by atoms with Gasteiger partial charge in [-0.25, -0.2) is 0 Å². The van der Waals surface area contributed by atoms with E-state index in [0.29, 0.717) is 25.1 Å². The van der Waals surface area contributed by atoms with E-state index < -0.39 is 0 Å². The first kappa shape index (κ1) is 16.5. The van der Waals surface area contributed by atoms with Gasteiger partial charge in [-0.1, -0.05) is 6.92 Å². The Morgan fingerprint density at radius 2 is 2.14 bits per heavy atom. The molecule has 0 unspecified atom stereocenters. The SMILES string of the molecule is CCCn1ncc(C(=O)N(C)CCN2CCCCC2=O)c1C. The molecule has 1 fully saturated rings. The minimum absolute atomic E-state index is 0.0238. The van der Waals surface area contributed by atoms with Gasteiger partial charge >= 0.3 is 0 Å². The zero-order valence-electron chi connectivity index (χ0n) is 13.8. The van der Waals surface area contributed by atoms with E-state index >= 15 is 0 Å². The molecule has 1 aliphatic heterocycles. The van der Waals surface area contributed by atoms with E-state index in [1.54, 1.807) is 18.1 Å². The number of hydrogen-bond acceptors (Lipinski definition) is 3. The number of aryl methyl sites for hydroxylation is 1. The van der Waals surface area contributed by atoms with Crippen LogP contribution in [0.15, 0.2) is 6.20 Å². The van der Waals surface area contributed by atoms with Crippen LogP contribution in [0.5, 0.6) is 0 Å². The van der Waals surface area contributed by atoms with Crippen LogP contribution in [-0.2, 0) is 11.3 Å². The molecule has 0 atom stereocenters. The van der Waals surface area contributed by atoms with Crippen molar-refractivity contribution in [3.8, 4) is 0 Å². The third-order valence-corrected chi connectivity index (χ3v) is 4.24. The van der Waals surface area contributed by atoms with E-state index in [9.17, 15) is 9.59 Å². The molecule has 1 aliphatic rings. The molecule has 0 saturated carbocycles. The van der Waals surface area contributed by atoms with Gasteiger partial charge in [0.2, 0.25) is 5.91 Å². The maximum Gasteiger partial charge on any atom is 0.257 e. The van der Waals surface area contributed by atoms with Gasteiger partial charge < -0.3 is 9.80 Å². The molecular formula is C16H26N4O2. The predicted molar refractivity (Wildman–Crippen MR) is 84.6 cm³/mol. The van der Waals surface area contributed by atoms with E-state index in [0.717, 1.165) is 38.0 Å². The molecule has 0 N–H and O–H groups in total. The lowest BCUT2D eigenvalue weighted by Gasteiger charge is -2.28. The number of piperidine rings is 1. The number of rotatable bonds is 6. The largest absolute Gasteiger partial charge is 0.341 e. The average Bonchev–Trinajstić information content (AvgIpc) is 2.87. The van der Waals surface area contributed by atoms with Crippen LogP contribution in [-0.4, -0.2) is 58.1 Å².